The van der Waals surface area contributed by atoms with Crippen molar-refractivity contribution in [2.75, 3.05) is 52.6 Å². The summed E-state index contributed by atoms with van der Waals surface area (Å²) in [5.41, 5.74) is 10.6. The van der Waals surface area contributed by atoms with Gasteiger partial charge < -0.3 is 31.7 Å². The van der Waals surface area contributed by atoms with Gasteiger partial charge in [-0.3, -0.25) is 0 Å². The van der Waals surface area contributed by atoms with Crippen LogP contribution in [-0.2, 0) is 4.74 Å². The van der Waals surface area contributed by atoms with Gasteiger partial charge in [0.2, 0.25) is 0 Å². The van der Waals surface area contributed by atoms with Crippen molar-refractivity contribution in [1.82, 2.24) is 5.32 Å². The van der Waals surface area contributed by atoms with Crippen molar-refractivity contribution < 1.29 is 14.9 Å². The van der Waals surface area contributed by atoms with Crippen molar-refractivity contribution in [3.05, 3.63) is 0 Å². The van der Waals surface area contributed by atoms with Crippen LogP contribution in [0.4, 0.5) is 0 Å². The molecule has 0 saturated heterocycles. The molecule has 0 rings (SSSR count). The Hall–Kier alpha value is -0.240. The first kappa shape index (κ1) is 18.1. The summed E-state index contributed by atoms with van der Waals surface area (Å²) in [4.78, 5) is 0. The maximum atomic E-state index is 8.09. The van der Waals surface area contributed by atoms with E-state index in [-0.39, 0.29) is 13.2 Å². The van der Waals surface area contributed by atoms with E-state index < -0.39 is 0 Å². The fraction of sp³-hybridized carbons (Fsp3) is 1.00. The number of nitrogens with two attached hydrogens (primary N) is 2. The molecule has 0 aromatic carbocycles. The Morgan fingerprint density at radius 2 is 1.31 bits per heavy atom. The highest BCUT2D eigenvalue weighted by Gasteiger charge is 1.83. The summed E-state index contributed by atoms with van der Waals surface area (Å²) in [6.07, 6.45) is 2.12. The SMILES string of the molecule is NCCCNCCCN.OCCOCCO. The summed E-state index contributed by atoms with van der Waals surface area (Å²) < 4.78 is 4.63. The molecule has 0 amide bonds. The summed E-state index contributed by atoms with van der Waals surface area (Å²) in [7, 11) is 0. The molecular formula is C10H27N3O3. The van der Waals surface area contributed by atoms with Crippen LogP contribution >= 0.6 is 0 Å². The lowest BCUT2D eigenvalue weighted by Gasteiger charge is -2.00. The zero-order valence-electron chi connectivity index (χ0n) is 10.0. The van der Waals surface area contributed by atoms with E-state index in [1.54, 1.807) is 0 Å². The molecule has 0 aromatic rings. The standard InChI is InChI=1S/C6H17N3.C4H10O3/c7-3-1-5-9-6-2-4-8;5-1-3-7-4-2-6/h9H,1-8H2;5-6H,1-4H2. The molecule has 0 aliphatic heterocycles. The average molecular weight is 237 g/mol. The number of aliphatic hydroxyl groups excluding tert-OH is 2. The van der Waals surface area contributed by atoms with Gasteiger partial charge in [0.05, 0.1) is 26.4 Å². The van der Waals surface area contributed by atoms with E-state index in [1.807, 2.05) is 0 Å². The second kappa shape index (κ2) is 20.2. The summed E-state index contributed by atoms with van der Waals surface area (Å²) in [5.74, 6) is 0. The summed E-state index contributed by atoms with van der Waals surface area (Å²) in [5, 5.41) is 19.4. The van der Waals surface area contributed by atoms with Crippen LogP contribution in [0.15, 0.2) is 0 Å². The highest BCUT2D eigenvalue weighted by molar-refractivity contribution is 4.48. The van der Waals surface area contributed by atoms with Crippen molar-refractivity contribution >= 4 is 0 Å². The highest BCUT2D eigenvalue weighted by atomic mass is 16.5. The number of aliphatic hydroxyl groups is 2. The van der Waals surface area contributed by atoms with E-state index in [0.29, 0.717) is 13.2 Å². The molecule has 16 heavy (non-hydrogen) atoms. The fourth-order valence-electron chi connectivity index (χ4n) is 0.810. The first-order chi connectivity index (χ1) is 7.83. The quantitative estimate of drug-likeness (QED) is 0.288. The minimum atomic E-state index is 0.0278. The van der Waals surface area contributed by atoms with Gasteiger partial charge in [0.25, 0.3) is 0 Å². The number of rotatable bonds is 10. The molecule has 0 spiro atoms. The smallest absolute Gasteiger partial charge is 0.0698 e. The van der Waals surface area contributed by atoms with E-state index >= 15 is 0 Å². The van der Waals surface area contributed by atoms with Crippen LogP contribution in [-0.4, -0.2) is 62.8 Å². The lowest BCUT2D eigenvalue weighted by Crippen LogP contribution is -2.21. The Morgan fingerprint density at radius 1 is 0.875 bits per heavy atom. The maximum Gasteiger partial charge on any atom is 0.0698 e. The molecule has 0 fully saturated rings. The maximum absolute atomic E-state index is 8.09. The Bertz CT molecular complexity index is 97.3. The number of nitrogens with one attached hydrogen (secondary N) is 1. The Kier molecular flexibility index (Phi) is 22.9. The molecule has 0 saturated carbocycles. The van der Waals surface area contributed by atoms with Gasteiger partial charge in [0.1, 0.15) is 0 Å². The largest absolute Gasteiger partial charge is 0.394 e. The number of ether oxygens (including phenoxy) is 1. The third-order valence-electron chi connectivity index (χ3n) is 1.59. The van der Waals surface area contributed by atoms with Crippen molar-refractivity contribution in [2.24, 2.45) is 11.5 Å². The van der Waals surface area contributed by atoms with E-state index in [9.17, 15) is 0 Å². The van der Waals surface area contributed by atoms with E-state index in [1.165, 1.54) is 0 Å². The van der Waals surface area contributed by atoms with Crippen LogP contribution in [0.5, 0.6) is 0 Å². The van der Waals surface area contributed by atoms with Crippen LogP contribution in [0, 0.1) is 0 Å². The second-order valence-corrected chi connectivity index (χ2v) is 3.09. The molecule has 0 unspecified atom stereocenters. The van der Waals surface area contributed by atoms with Gasteiger partial charge in [-0.2, -0.15) is 0 Å². The van der Waals surface area contributed by atoms with Crippen LogP contribution in [0.1, 0.15) is 12.8 Å². The Labute approximate surface area is 98.0 Å². The molecule has 0 aliphatic carbocycles. The van der Waals surface area contributed by atoms with Gasteiger partial charge in [0.15, 0.2) is 0 Å². The van der Waals surface area contributed by atoms with Crippen LogP contribution in [0.25, 0.3) is 0 Å². The third-order valence-corrected chi connectivity index (χ3v) is 1.59. The number of hydrogen-bond donors (Lipinski definition) is 5. The summed E-state index contributed by atoms with van der Waals surface area (Å²) >= 11 is 0. The normalized spacial score (nSPS) is 9.75. The predicted molar refractivity (Wildman–Crippen MR) is 65.2 cm³/mol. The van der Waals surface area contributed by atoms with E-state index in [4.69, 9.17) is 21.7 Å². The van der Waals surface area contributed by atoms with Gasteiger partial charge in [-0.1, -0.05) is 0 Å². The molecule has 0 heterocycles. The first-order valence-electron chi connectivity index (χ1n) is 5.73. The van der Waals surface area contributed by atoms with Crippen LogP contribution < -0.4 is 16.8 Å². The van der Waals surface area contributed by atoms with Crippen molar-refractivity contribution in [1.29, 1.82) is 0 Å². The van der Waals surface area contributed by atoms with Gasteiger partial charge in [-0.25, -0.2) is 0 Å². The van der Waals surface area contributed by atoms with Crippen molar-refractivity contribution in [2.45, 2.75) is 12.8 Å². The molecule has 6 heteroatoms. The second-order valence-electron chi connectivity index (χ2n) is 3.09. The van der Waals surface area contributed by atoms with Crippen LogP contribution in [0.3, 0.4) is 0 Å². The first-order valence-corrected chi connectivity index (χ1v) is 5.73. The predicted octanol–water partition coefficient (Wildman–Crippen LogP) is -1.74. The summed E-state index contributed by atoms with van der Waals surface area (Å²) in [6, 6.07) is 0. The van der Waals surface area contributed by atoms with Gasteiger partial charge in [-0.15, -0.1) is 0 Å². The Balaban J connectivity index is 0. The van der Waals surface area contributed by atoms with Crippen LogP contribution in [0.2, 0.25) is 0 Å². The van der Waals surface area contributed by atoms with Gasteiger partial charge in [0, 0.05) is 0 Å². The zero-order valence-corrected chi connectivity index (χ0v) is 10.0. The molecule has 0 aromatic heterocycles. The average Bonchev–Trinajstić information content (AvgIpc) is 2.31. The van der Waals surface area contributed by atoms with Crippen molar-refractivity contribution in [3.63, 3.8) is 0 Å². The molecule has 0 bridgehead atoms. The monoisotopic (exact) mass is 237 g/mol. The topological polar surface area (TPSA) is 114 Å². The fourth-order valence-corrected chi connectivity index (χ4v) is 0.810. The molecule has 100 valence electrons. The highest BCUT2D eigenvalue weighted by Crippen LogP contribution is 1.72. The van der Waals surface area contributed by atoms with Gasteiger partial charge >= 0.3 is 0 Å². The lowest BCUT2D eigenvalue weighted by molar-refractivity contribution is 0.0650. The van der Waals surface area contributed by atoms with E-state index in [0.717, 1.165) is 39.0 Å². The van der Waals surface area contributed by atoms with E-state index in [2.05, 4.69) is 10.1 Å². The van der Waals surface area contributed by atoms with Crippen molar-refractivity contribution in [3.8, 4) is 0 Å². The minimum absolute atomic E-state index is 0.0278. The minimum Gasteiger partial charge on any atom is -0.394 e. The third kappa shape index (κ3) is 23.5. The zero-order chi connectivity index (χ0) is 12.5. The van der Waals surface area contributed by atoms with Gasteiger partial charge in [-0.05, 0) is 39.0 Å². The number of hydrogen-bond acceptors (Lipinski definition) is 6. The molecule has 0 atom stereocenters. The molecule has 0 radical (unpaired) electrons. The molecular weight excluding hydrogens is 210 g/mol. The lowest BCUT2D eigenvalue weighted by atomic mass is 10.4. The molecule has 7 N–H and O–H groups in total. The molecule has 6 nitrogen and oxygen atoms in total. The Morgan fingerprint density at radius 3 is 1.62 bits per heavy atom. The summed E-state index contributed by atoms with van der Waals surface area (Å²) in [6.45, 7) is 4.29. The molecule has 0 aliphatic rings.